The Labute approximate surface area is 99.5 Å². The summed E-state index contributed by atoms with van der Waals surface area (Å²) in [6.45, 7) is 3.95. The zero-order chi connectivity index (χ0) is 12.3. The van der Waals surface area contributed by atoms with Gasteiger partial charge in [-0.05, 0) is 32.1 Å². The van der Waals surface area contributed by atoms with Crippen LogP contribution in [-0.4, -0.2) is 20.9 Å². The summed E-state index contributed by atoms with van der Waals surface area (Å²) in [6, 6.07) is 0. The maximum Gasteiger partial charge on any atom is 0.363 e. The molecule has 17 heavy (non-hydrogen) atoms. The van der Waals surface area contributed by atoms with Crippen LogP contribution in [0.2, 0.25) is 0 Å². The summed E-state index contributed by atoms with van der Waals surface area (Å²) in [6.07, 6.45) is 4.65. The lowest BCUT2D eigenvalue weighted by Gasteiger charge is -2.19. The summed E-state index contributed by atoms with van der Waals surface area (Å²) < 4.78 is 0. The fourth-order valence-corrected chi connectivity index (χ4v) is 1.96. The summed E-state index contributed by atoms with van der Waals surface area (Å²) in [5.74, 6) is 0.936. The Morgan fingerprint density at radius 2 is 2.29 bits per heavy atom. The molecule has 1 fully saturated rings. The van der Waals surface area contributed by atoms with Crippen LogP contribution < -0.4 is 11.1 Å². The van der Waals surface area contributed by atoms with Gasteiger partial charge < -0.3 is 0 Å². The van der Waals surface area contributed by atoms with Crippen molar-refractivity contribution in [1.82, 2.24) is 15.2 Å². The van der Waals surface area contributed by atoms with Crippen molar-refractivity contribution in [2.75, 3.05) is 5.43 Å². The molecule has 1 aliphatic rings. The third-order valence-electron chi connectivity index (χ3n) is 3.07. The van der Waals surface area contributed by atoms with Gasteiger partial charge in [-0.25, -0.2) is 9.89 Å². The van der Waals surface area contributed by atoms with Crippen molar-refractivity contribution in [3.8, 4) is 0 Å². The fraction of sp³-hybridized carbons (Fsp3) is 0.636. The number of H-pyrrole nitrogens is 1. The number of hydrogen-bond donors (Lipinski definition) is 2. The van der Waals surface area contributed by atoms with Crippen molar-refractivity contribution in [1.29, 1.82) is 0 Å². The first kappa shape index (κ1) is 11.8. The minimum absolute atomic E-state index is 0.430. The van der Waals surface area contributed by atoms with Gasteiger partial charge in [0.25, 0.3) is 0 Å². The van der Waals surface area contributed by atoms with Gasteiger partial charge in [0, 0.05) is 5.71 Å². The number of rotatable bonds is 2. The predicted molar refractivity (Wildman–Crippen MR) is 66.1 cm³/mol. The van der Waals surface area contributed by atoms with Crippen LogP contribution in [0.15, 0.2) is 9.90 Å². The van der Waals surface area contributed by atoms with Crippen LogP contribution in [0.1, 0.15) is 38.3 Å². The first-order valence-electron chi connectivity index (χ1n) is 5.92. The van der Waals surface area contributed by atoms with Crippen molar-refractivity contribution in [2.45, 2.75) is 39.5 Å². The molecule has 0 spiro atoms. The van der Waals surface area contributed by atoms with Gasteiger partial charge in [-0.1, -0.05) is 13.3 Å². The van der Waals surface area contributed by atoms with Crippen LogP contribution in [0.4, 0.5) is 5.82 Å². The lowest BCUT2D eigenvalue weighted by molar-refractivity contribution is 0.558. The fourth-order valence-electron chi connectivity index (χ4n) is 1.96. The van der Waals surface area contributed by atoms with Crippen LogP contribution in [-0.2, 0) is 0 Å². The molecular weight excluding hydrogens is 218 g/mol. The van der Waals surface area contributed by atoms with Crippen molar-refractivity contribution >= 4 is 11.5 Å². The highest BCUT2D eigenvalue weighted by molar-refractivity contribution is 5.87. The quantitative estimate of drug-likeness (QED) is 0.760. The molecule has 6 nitrogen and oxygen atoms in total. The summed E-state index contributed by atoms with van der Waals surface area (Å²) >= 11 is 0. The molecule has 92 valence electrons. The number of nitrogens with zero attached hydrogens (tertiary/aromatic N) is 3. The van der Waals surface area contributed by atoms with E-state index in [0.717, 1.165) is 12.1 Å². The van der Waals surface area contributed by atoms with Crippen molar-refractivity contribution < 1.29 is 0 Å². The maximum absolute atomic E-state index is 11.0. The smallest absolute Gasteiger partial charge is 0.260 e. The minimum Gasteiger partial charge on any atom is -0.260 e. The molecular formula is C11H17N5O. The molecule has 2 N–H and O–H groups in total. The second-order valence-corrected chi connectivity index (χ2v) is 4.44. The van der Waals surface area contributed by atoms with E-state index in [2.05, 4.69) is 32.6 Å². The minimum atomic E-state index is -0.463. The molecule has 1 heterocycles. The van der Waals surface area contributed by atoms with E-state index in [1.54, 1.807) is 6.92 Å². The summed E-state index contributed by atoms with van der Waals surface area (Å²) in [5, 5.41) is 10.5. The Hall–Kier alpha value is -1.72. The van der Waals surface area contributed by atoms with E-state index < -0.39 is 5.69 Å². The Bertz CT molecular complexity index is 479. The van der Waals surface area contributed by atoms with Gasteiger partial charge in [0.2, 0.25) is 0 Å². The van der Waals surface area contributed by atoms with Gasteiger partial charge in [-0.15, -0.1) is 0 Å². The van der Waals surface area contributed by atoms with Gasteiger partial charge in [-0.2, -0.15) is 15.2 Å². The molecule has 1 aromatic rings. The molecule has 1 aliphatic carbocycles. The van der Waals surface area contributed by atoms with E-state index in [1.165, 1.54) is 19.3 Å². The number of hydrazone groups is 1. The second kappa shape index (κ2) is 5.07. The van der Waals surface area contributed by atoms with Crippen LogP contribution in [0.5, 0.6) is 0 Å². The molecule has 2 rings (SSSR count). The average molecular weight is 235 g/mol. The number of nitrogens with one attached hydrogen (secondary N) is 2. The highest BCUT2D eigenvalue weighted by Gasteiger charge is 2.15. The summed E-state index contributed by atoms with van der Waals surface area (Å²) in [4.78, 5) is 14.8. The average Bonchev–Trinajstić information content (AvgIpc) is 2.32. The van der Waals surface area contributed by atoms with E-state index >= 15 is 0 Å². The number of aryl methyl sites for hydroxylation is 1. The molecule has 1 saturated carbocycles. The zero-order valence-corrected chi connectivity index (χ0v) is 10.2. The molecule has 1 atom stereocenters. The molecule has 6 heteroatoms. The first-order chi connectivity index (χ1) is 8.16. The molecule has 0 amide bonds. The van der Waals surface area contributed by atoms with Crippen LogP contribution in [0.25, 0.3) is 0 Å². The lowest BCUT2D eigenvalue weighted by atomic mass is 9.89. The topological polar surface area (TPSA) is 83.0 Å². The van der Waals surface area contributed by atoms with Crippen molar-refractivity contribution in [3.05, 3.63) is 16.2 Å². The summed E-state index contributed by atoms with van der Waals surface area (Å²) in [7, 11) is 0. The number of aromatic nitrogens is 3. The van der Waals surface area contributed by atoms with E-state index in [0.29, 0.717) is 17.4 Å². The molecule has 0 aliphatic heterocycles. The maximum atomic E-state index is 11.0. The second-order valence-electron chi connectivity index (χ2n) is 4.44. The number of hydrogen-bond acceptors (Lipinski definition) is 5. The van der Waals surface area contributed by atoms with Crippen molar-refractivity contribution in [2.24, 2.45) is 11.0 Å². The molecule has 0 bridgehead atoms. The van der Waals surface area contributed by atoms with Crippen LogP contribution in [0, 0.1) is 12.8 Å². The van der Waals surface area contributed by atoms with E-state index in [-0.39, 0.29) is 0 Å². The summed E-state index contributed by atoms with van der Waals surface area (Å²) in [5.41, 5.74) is 4.17. The molecule has 0 saturated heterocycles. The van der Waals surface area contributed by atoms with E-state index in [4.69, 9.17) is 0 Å². The number of anilines is 1. The normalized spacial score (nSPS) is 22.7. The van der Waals surface area contributed by atoms with Gasteiger partial charge >= 0.3 is 5.69 Å². The van der Waals surface area contributed by atoms with Crippen LogP contribution in [0.3, 0.4) is 0 Å². The molecule has 1 aromatic heterocycles. The molecule has 0 unspecified atom stereocenters. The highest BCUT2D eigenvalue weighted by atomic mass is 16.1. The zero-order valence-electron chi connectivity index (χ0n) is 10.2. The Morgan fingerprint density at radius 3 is 3.06 bits per heavy atom. The SMILES string of the molecule is Cc1n[nH]c(=O)nc1N/N=C1/CCCC[C@H]1C. The van der Waals surface area contributed by atoms with Crippen molar-refractivity contribution in [3.63, 3.8) is 0 Å². The Kier molecular flexibility index (Phi) is 3.51. The monoisotopic (exact) mass is 235 g/mol. The van der Waals surface area contributed by atoms with Gasteiger partial charge in [-0.3, -0.25) is 5.43 Å². The van der Waals surface area contributed by atoms with Gasteiger partial charge in [0.05, 0.1) is 0 Å². The van der Waals surface area contributed by atoms with Gasteiger partial charge in [0.15, 0.2) is 5.82 Å². The third-order valence-corrected chi connectivity index (χ3v) is 3.07. The van der Waals surface area contributed by atoms with E-state index in [9.17, 15) is 4.79 Å². The Balaban J connectivity index is 2.13. The predicted octanol–water partition coefficient (Wildman–Crippen LogP) is 1.45. The molecule has 0 aromatic carbocycles. The van der Waals surface area contributed by atoms with E-state index in [1.807, 2.05) is 0 Å². The number of aromatic amines is 1. The first-order valence-corrected chi connectivity index (χ1v) is 5.92. The molecule has 0 radical (unpaired) electrons. The lowest BCUT2D eigenvalue weighted by Crippen LogP contribution is -2.19. The largest absolute Gasteiger partial charge is 0.363 e. The Morgan fingerprint density at radius 1 is 1.47 bits per heavy atom. The highest BCUT2D eigenvalue weighted by Crippen LogP contribution is 2.21. The third kappa shape index (κ3) is 2.89. The van der Waals surface area contributed by atoms with Crippen LogP contribution >= 0.6 is 0 Å². The van der Waals surface area contributed by atoms with Gasteiger partial charge in [0.1, 0.15) is 5.69 Å². The standard InChI is InChI=1S/C11H17N5O/c1-7-5-3-4-6-9(7)14-15-10-8(2)13-16-11(17)12-10/h7H,3-6H2,1-2H3,(H2,12,15,16,17)/b14-9-/t7-/m1/s1.